The molecule has 0 bridgehead atoms. The highest BCUT2D eigenvalue weighted by Gasteiger charge is 2.28. The molecule has 2 N–H and O–H groups in total. The SMILES string of the molecule is COc1ccccc1-n1c(SC(C)C(=O)NC(=O)NC2CC2)nnc1N1CCCCC1. The smallest absolute Gasteiger partial charge is 0.321 e. The first-order chi connectivity index (χ1) is 15.1. The molecule has 1 aliphatic carbocycles. The van der Waals surface area contributed by atoms with Crippen LogP contribution in [0.3, 0.4) is 0 Å². The van der Waals surface area contributed by atoms with Crippen molar-refractivity contribution < 1.29 is 14.3 Å². The number of urea groups is 1. The predicted octanol–water partition coefficient (Wildman–Crippen LogP) is 2.74. The van der Waals surface area contributed by atoms with Crippen LogP contribution in [0.25, 0.3) is 5.69 Å². The molecule has 1 aromatic heterocycles. The second-order valence-corrected chi connectivity index (χ2v) is 9.14. The lowest BCUT2D eigenvalue weighted by Gasteiger charge is -2.28. The number of carbonyl (C=O) groups is 2. The van der Waals surface area contributed by atoms with Crippen LogP contribution in [0.1, 0.15) is 39.0 Å². The summed E-state index contributed by atoms with van der Waals surface area (Å²) in [6.45, 7) is 3.58. The molecule has 9 nitrogen and oxygen atoms in total. The van der Waals surface area contributed by atoms with Crippen molar-refractivity contribution in [3.8, 4) is 11.4 Å². The number of anilines is 1. The normalized spacial score (nSPS) is 17.2. The van der Waals surface area contributed by atoms with E-state index in [4.69, 9.17) is 4.74 Å². The number of amides is 3. The molecule has 1 saturated heterocycles. The van der Waals surface area contributed by atoms with E-state index in [1.54, 1.807) is 14.0 Å². The average Bonchev–Trinajstić information content (AvgIpc) is 3.50. The van der Waals surface area contributed by atoms with Crippen molar-refractivity contribution >= 4 is 29.6 Å². The van der Waals surface area contributed by atoms with Gasteiger partial charge in [0.2, 0.25) is 11.9 Å². The topological polar surface area (TPSA) is 101 Å². The number of para-hydroxylation sites is 2. The Labute approximate surface area is 185 Å². The van der Waals surface area contributed by atoms with E-state index in [0.717, 1.165) is 50.4 Å². The molecule has 1 aromatic carbocycles. The molecule has 1 saturated carbocycles. The molecule has 0 radical (unpaired) electrons. The van der Waals surface area contributed by atoms with Gasteiger partial charge in [-0.15, -0.1) is 10.2 Å². The number of rotatable bonds is 7. The summed E-state index contributed by atoms with van der Waals surface area (Å²) in [5.41, 5.74) is 0.817. The van der Waals surface area contributed by atoms with Crippen molar-refractivity contribution in [3.05, 3.63) is 24.3 Å². The van der Waals surface area contributed by atoms with Crippen LogP contribution in [0, 0.1) is 0 Å². The summed E-state index contributed by atoms with van der Waals surface area (Å²) in [5.74, 6) is 1.08. The van der Waals surface area contributed by atoms with Gasteiger partial charge in [-0.3, -0.25) is 14.7 Å². The standard InChI is InChI=1S/C21H28N6O3S/c1-14(18(28)23-19(29)22-15-10-11-15)31-21-25-24-20(26-12-6-3-7-13-26)27(21)16-8-4-5-9-17(16)30-2/h4-5,8-9,14-15H,3,6-7,10-13H2,1-2H3,(H2,22,23,28,29). The maximum absolute atomic E-state index is 12.6. The van der Waals surface area contributed by atoms with Crippen molar-refractivity contribution in [1.29, 1.82) is 0 Å². The van der Waals surface area contributed by atoms with Crippen molar-refractivity contribution in [3.63, 3.8) is 0 Å². The van der Waals surface area contributed by atoms with Crippen LogP contribution in [-0.4, -0.2) is 58.2 Å². The second kappa shape index (κ2) is 9.59. The fraction of sp³-hybridized carbons (Fsp3) is 0.524. The minimum atomic E-state index is -0.531. The molecule has 0 spiro atoms. The Hall–Kier alpha value is -2.75. The van der Waals surface area contributed by atoms with E-state index < -0.39 is 11.3 Å². The Morgan fingerprint density at radius 2 is 1.90 bits per heavy atom. The van der Waals surface area contributed by atoms with E-state index in [0.29, 0.717) is 10.9 Å². The lowest BCUT2D eigenvalue weighted by molar-refractivity contribution is -0.119. The summed E-state index contributed by atoms with van der Waals surface area (Å²) < 4.78 is 7.53. The number of nitrogens with one attached hydrogen (secondary N) is 2. The fourth-order valence-electron chi connectivity index (χ4n) is 3.54. The summed E-state index contributed by atoms with van der Waals surface area (Å²) >= 11 is 1.27. The number of carbonyl (C=O) groups excluding carboxylic acids is 2. The highest BCUT2D eigenvalue weighted by molar-refractivity contribution is 8.00. The number of nitrogens with zero attached hydrogens (tertiary/aromatic N) is 4. The number of hydrogen-bond donors (Lipinski definition) is 2. The van der Waals surface area contributed by atoms with Crippen molar-refractivity contribution in [2.75, 3.05) is 25.1 Å². The molecule has 10 heteroatoms. The van der Waals surface area contributed by atoms with E-state index in [2.05, 4.69) is 25.7 Å². The van der Waals surface area contributed by atoms with Gasteiger partial charge in [0.05, 0.1) is 18.0 Å². The van der Waals surface area contributed by atoms with Crippen LogP contribution in [0.4, 0.5) is 10.7 Å². The predicted molar refractivity (Wildman–Crippen MR) is 119 cm³/mol. The Balaban J connectivity index is 1.58. The minimum absolute atomic E-state index is 0.191. The van der Waals surface area contributed by atoms with E-state index in [9.17, 15) is 9.59 Å². The number of thioether (sulfide) groups is 1. The van der Waals surface area contributed by atoms with Gasteiger partial charge in [0.1, 0.15) is 5.75 Å². The van der Waals surface area contributed by atoms with E-state index in [-0.39, 0.29) is 11.9 Å². The highest BCUT2D eigenvalue weighted by Crippen LogP contribution is 2.34. The van der Waals surface area contributed by atoms with Crippen molar-refractivity contribution in [2.45, 2.75) is 55.5 Å². The number of hydrogen-bond acceptors (Lipinski definition) is 7. The molecule has 2 aromatic rings. The van der Waals surface area contributed by atoms with E-state index in [1.807, 2.05) is 28.8 Å². The molecule has 1 unspecified atom stereocenters. The molecule has 31 heavy (non-hydrogen) atoms. The van der Waals surface area contributed by atoms with Gasteiger partial charge < -0.3 is 15.0 Å². The van der Waals surface area contributed by atoms with Gasteiger partial charge >= 0.3 is 6.03 Å². The van der Waals surface area contributed by atoms with Crippen LogP contribution < -0.4 is 20.3 Å². The van der Waals surface area contributed by atoms with Gasteiger partial charge in [0.15, 0.2) is 5.16 Å². The largest absolute Gasteiger partial charge is 0.495 e. The van der Waals surface area contributed by atoms with Crippen LogP contribution >= 0.6 is 11.8 Å². The molecule has 166 valence electrons. The van der Waals surface area contributed by atoms with Gasteiger partial charge in [0.25, 0.3) is 0 Å². The van der Waals surface area contributed by atoms with Gasteiger partial charge in [-0.05, 0) is 51.2 Å². The number of methoxy groups -OCH3 is 1. The Bertz CT molecular complexity index is 939. The molecule has 3 amide bonds. The Morgan fingerprint density at radius 1 is 1.16 bits per heavy atom. The molecule has 1 atom stereocenters. The highest BCUT2D eigenvalue weighted by atomic mass is 32.2. The number of benzene rings is 1. The van der Waals surface area contributed by atoms with E-state index >= 15 is 0 Å². The third kappa shape index (κ3) is 5.12. The zero-order valence-electron chi connectivity index (χ0n) is 17.8. The lowest BCUT2D eigenvalue weighted by Crippen LogP contribution is -2.43. The summed E-state index contributed by atoms with van der Waals surface area (Å²) in [7, 11) is 1.63. The first kappa shape index (κ1) is 21.5. The Kier molecular flexibility index (Phi) is 6.64. The van der Waals surface area contributed by atoms with Crippen LogP contribution in [0.5, 0.6) is 5.75 Å². The maximum atomic E-state index is 12.6. The molecule has 2 heterocycles. The first-order valence-corrected chi connectivity index (χ1v) is 11.6. The Morgan fingerprint density at radius 3 is 2.61 bits per heavy atom. The average molecular weight is 445 g/mol. The van der Waals surface area contributed by atoms with Gasteiger partial charge in [-0.1, -0.05) is 23.9 Å². The first-order valence-electron chi connectivity index (χ1n) is 10.7. The summed E-state index contributed by atoms with van der Waals surface area (Å²) in [5, 5.41) is 14.1. The van der Waals surface area contributed by atoms with Crippen LogP contribution in [0.15, 0.2) is 29.4 Å². The lowest BCUT2D eigenvalue weighted by atomic mass is 10.1. The van der Waals surface area contributed by atoms with Crippen molar-refractivity contribution in [1.82, 2.24) is 25.4 Å². The van der Waals surface area contributed by atoms with Gasteiger partial charge in [0, 0.05) is 19.1 Å². The minimum Gasteiger partial charge on any atom is -0.495 e. The number of aromatic nitrogens is 3. The second-order valence-electron chi connectivity index (χ2n) is 7.83. The number of piperidine rings is 1. The summed E-state index contributed by atoms with van der Waals surface area (Å²) in [6, 6.07) is 7.44. The van der Waals surface area contributed by atoms with Gasteiger partial charge in [-0.25, -0.2) is 4.79 Å². The molecule has 2 fully saturated rings. The van der Waals surface area contributed by atoms with Crippen LogP contribution in [0.2, 0.25) is 0 Å². The molecular weight excluding hydrogens is 416 g/mol. The quantitative estimate of drug-likeness (QED) is 0.633. The number of ether oxygens (including phenoxy) is 1. The molecule has 2 aliphatic rings. The number of imide groups is 1. The van der Waals surface area contributed by atoms with Crippen molar-refractivity contribution in [2.24, 2.45) is 0 Å². The third-order valence-corrected chi connectivity index (χ3v) is 6.42. The maximum Gasteiger partial charge on any atom is 0.321 e. The van der Waals surface area contributed by atoms with Gasteiger partial charge in [-0.2, -0.15) is 0 Å². The summed E-state index contributed by atoms with van der Waals surface area (Å²) in [4.78, 5) is 26.7. The third-order valence-electron chi connectivity index (χ3n) is 5.38. The van der Waals surface area contributed by atoms with Crippen LogP contribution in [-0.2, 0) is 4.79 Å². The molecular formula is C21H28N6O3S. The molecule has 1 aliphatic heterocycles. The zero-order valence-corrected chi connectivity index (χ0v) is 18.7. The molecule has 4 rings (SSSR count). The van der Waals surface area contributed by atoms with E-state index in [1.165, 1.54) is 18.2 Å². The zero-order chi connectivity index (χ0) is 21.8. The monoisotopic (exact) mass is 444 g/mol. The summed E-state index contributed by atoms with van der Waals surface area (Å²) in [6.07, 6.45) is 5.35. The fourth-order valence-corrected chi connectivity index (χ4v) is 4.39.